The van der Waals surface area contributed by atoms with E-state index in [1.807, 2.05) is 6.07 Å². The van der Waals surface area contributed by atoms with E-state index in [2.05, 4.69) is 184 Å². The zero-order valence-corrected chi connectivity index (χ0v) is 39.2. The van der Waals surface area contributed by atoms with Crippen LogP contribution < -0.4 is 10.4 Å². The van der Waals surface area contributed by atoms with Gasteiger partial charge in [0.05, 0.1) is 9.52 Å². The van der Waals surface area contributed by atoms with E-state index in [-0.39, 0.29) is 0 Å². The average molecular weight is 864 g/mol. The summed E-state index contributed by atoms with van der Waals surface area (Å²) < 4.78 is 0. The normalized spacial score (nSPS) is 11.1. The summed E-state index contributed by atoms with van der Waals surface area (Å²) in [7, 11) is 10.7. The van der Waals surface area contributed by atoms with Crippen molar-refractivity contribution in [2.45, 2.75) is 69.2 Å². The van der Waals surface area contributed by atoms with Crippen LogP contribution in [0.1, 0.15) is 55.6 Å². The van der Waals surface area contributed by atoms with Crippen molar-refractivity contribution in [3.63, 3.8) is 0 Å². The Labute approximate surface area is 356 Å². The molecule has 4 heteroatoms. The van der Waals surface area contributed by atoms with E-state index in [0.29, 0.717) is 0 Å². The molecule has 0 N–H and O–H groups in total. The Kier molecular flexibility index (Phi) is 13.6. The second kappa shape index (κ2) is 18.2. The molecule has 0 fully saturated rings. The molecule has 1 heterocycles. The van der Waals surface area contributed by atoms with Crippen LogP contribution in [0.15, 0.2) is 115 Å². The molecule has 0 unspecified atom stereocenters. The van der Waals surface area contributed by atoms with Crippen LogP contribution in [-0.4, -0.2) is 9.52 Å². The Balaban J connectivity index is 0.000000140. The van der Waals surface area contributed by atoms with Crippen LogP contribution >= 0.6 is 17.0 Å². The molecular formula is C52H49Cl2SiZr-3. The number of benzene rings is 6. The smallest absolute Gasteiger partial charge is 0.0920 e. The third kappa shape index (κ3) is 8.71. The Morgan fingerprint density at radius 2 is 0.929 bits per heavy atom. The average Bonchev–Trinajstić information content (AvgIpc) is 3.88. The van der Waals surface area contributed by atoms with Gasteiger partial charge >= 0.3 is 37.9 Å². The van der Waals surface area contributed by atoms with Crippen molar-refractivity contribution in [2.75, 3.05) is 0 Å². The van der Waals surface area contributed by atoms with E-state index >= 15 is 0 Å². The van der Waals surface area contributed by atoms with Gasteiger partial charge < -0.3 is 0 Å². The van der Waals surface area contributed by atoms with Crippen molar-refractivity contribution in [3.05, 3.63) is 177 Å². The van der Waals surface area contributed by atoms with Gasteiger partial charge in [-0.05, 0) is 99.9 Å². The Morgan fingerprint density at radius 3 is 1.43 bits per heavy atom. The molecule has 8 aromatic rings. The maximum atomic E-state index is 4.93. The molecule has 0 bridgehead atoms. The maximum Gasteiger partial charge on any atom is 0.0920 e. The van der Waals surface area contributed by atoms with Crippen LogP contribution in [0.5, 0.6) is 0 Å². The van der Waals surface area contributed by atoms with Crippen LogP contribution in [0.3, 0.4) is 0 Å². The summed E-state index contributed by atoms with van der Waals surface area (Å²) in [4.78, 5) is 0. The number of hydrogen-bond acceptors (Lipinski definition) is 0. The summed E-state index contributed by atoms with van der Waals surface area (Å²) in [5.74, 6) is 0. The quantitative estimate of drug-likeness (QED) is 0.120. The predicted molar refractivity (Wildman–Crippen MR) is 245 cm³/mol. The van der Waals surface area contributed by atoms with Gasteiger partial charge in [0.15, 0.2) is 0 Å². The van der Waals surface area contributed by atoms with Crippen molar-refractivity contribution in [2.24, 2.45) is 0 Å². The summed E-state index contributed by atoms with van der Waals surface area (Å²) in [6.45, 7) is 22.1. The molecule has 0 saturated carbocycles. The van der Waals surface area contributed by atoms with Crippen molar-refractivity contribution >= 4 is 58.5 Å². The molecule has 2 radical (unpaired) electrons. The van der Waals surface area contributed by atoms with Crippen molar-refractivity contribution in [3.8, 4) is 33.4 Å². The van der Waals surface area contributed by atoms with Crippen LogP contribution in [0.25, 0.3) is 54.9 Å². The zero-order valence-electron chi connectivity index (χ0n) is 34.2. The van der Waals surface area contributed by atoms with Gasteiger partial charge in [0.25, 0.3) is 0 Å². The fourth-order valence-corrected chi connectivity index (χ4v) is 9.29. The summed E-state index contributed by atoms with van der Waals surface area (Å²) in [6.07, 6.45) is 0. The van der Waals surface area contributed by atoms with Crippen LogP contribution in [0, 0.1) is 75.3 Å². The third-order valence-corrected chi connectivity index (χ3v) is 12.8. The van der Waals surface area contributed by atoms with Gasteiger partial charge in [-0.3, -0.25) is 0 Å². The van der Waals surface area contributed by atoms with Crippen LogP contribution in [0.2, 0.25) is 0 Å². The summed E-state index contributed by atoms with van der Waals surface area (Å²) in [5.41, 5.74) is 22.1. The Hall–Kier alpha value is -3.78. The topological polar surface area (TPSA) is 0 Å². The van der Waals surface area contributed by atoms with Gasteiger partial charge in [-0.2, -0.15) is 41.6 Å². The van der Waals surface area contributed by atoms with Gasteiger partial charge in [-0.1, -0.05) is 95.4 Å². The molecule has 0 aromatic heterocycles. The first-order valence-corrected chi connectivity index (χ1v) is 26.5. The second-order valence-electron chi connectivity index (χ2n) is 15.1. The summed E-state index contributed by atoms with van der Waals surface area (Å²) in [6, 6.07) is 45.3. The standard InChI is InChI=1S/2C20H21.C12H7Si.2ClH.Zr/c2*1-12-10-17-8-6-14(3)20(19(17)11-12)18-9-7-13(2)15(4)16(18)5;1-3-7-11-9(5-1)10-6-2-4-8-12(10)13-11;;;/h2*6-11H,1-5H3;1-7H;2*1H;/q3*-1;;;+2/p-2. The minimum Gasteiger partial charge on any atom is -0.184 e. The van der Waals surface area contributed by atoms with Gasteiger partial charge in [0, 0.05) is 0 Å². The molecule has 0 amide bonds. The first kappa shape index (κ1) is 41.8. The number of fused-ring (bicyclic) bond motifs is 5. The number of aryl methyl sites for hydroxylation is 6. The minimum absolute atomic E-state index is 0.795. The van der Waals surface area contributed by atoms with Gasteiger partial charge in [0.1, 0.15) is 0 Å². The Bertz CT molecular complexity index is 2490. The molecule has 8 aromatic carbocycles. The maximum absolute atomic E-state index is 4.93. The molecule has 1 aliphatic heterocycles. The molecule has 56 heavy (non-hydrogen) atoms. The predicted octanol–water partition coefficient (Wildman–Crippen LogP) is 14.0. The molecule has 0 atom stereocenters. The zero-order chi connectivity index (χ0) is 40.3. The first-order valence-electron chi connectivity index (χ1n) is 19.2. The van der Waals surface area contributed by atoms with Crippen molar-refractivity contribution < 1.29 is 20.8 Å². The Morgan fingerprint density at radius 1 is 0.482 bits per heavy atom. The molecule has 0 saturated heterocycles. The third-order valence-electron chi connectivity index (χ3n) is 11.5. The molecule has 0 aliphatic carbocycles. The van der Waals surface area contributed by atoms with Crippen molar-refractivity contribution in [1.82, 2.24) is 0 Å². The molecule has 1 aliphatic rings. The fraction of sp³-hybridized carbons (Fsp3) is 0.192. The van der Waals surface area contributed by atoms with Crippen LogP contribution in [-0.2, 0) is 20.8 Å². The van der Waals surface area contributed by atoms with Gasteiger partial charge in [0.2, 0.25) is 0 Å². The first-order chi connectivity index (χ1) is 26.8. The monoisotopic (exact) mass is 861 g/mol. The fourth-order valence-electron chi connectivity index (χ4n) is 7.98. The van der Waals surface area contributed by atoms with E-state index in [1.54, 1.807) is 0 Å². The molecule has 282 valence electrons. The molecular weight excluding hydrogens is 815 g/mol. The number of halogens is 2. The van der Waals surface area contributed by atoms with E-state index in [9.17, 15) is 0 Å². The van der Waals surface area contributed by atoms with Gasteiger partial charge in [-0.25, -0.2) is 0 Å². The number of rotatable bonds is 2. The van der Waals surface area contributed by atoms with Crippen molar-refractivity contribution in [1.29, 1.82) is 0 Å². The molecule has 0 nitrogen and oxygen atoms in total. The van der Waals surface area contributed by atoms with Crippen LogP contribution in [0.4, 0.5) is 0 Å². The van der Waals surface area contributed by atoms with E-state index in [1.165, 1.54) is 121 Å². The van der Waals surface area contributed by atoms with E-state index < -0.39 is 20.8 Å². The molecule has 0 spiro atoms. The summed E-state index contributed by atoms with van der Waals surface area (Å²) in [5, 5.41) is 8.29. The molecule has 9 rings (SSSR count). The largest absolute Gasteiger partial charge is 0.184 e. The SMILES string of the molecule is Cc1cc2c(-c3ccc(C)c(C)c3C)c(C)ccc2[cH-]1.Cc1cc2c(-c3ccc(C)c(C)c3C)c(C)ccc2[cH-]1.[Cl][Zr][Cl].[c-]1cccc2c1[Si]c1ccccc1-2. The number of hydrogen-bond donors (Lipinski definition) is 0. The van der Waals surface area contributed by atoms with E-state index in [4.69, 9.17) is 17.0 Å². The summed E-state index contributed by atoms with van der Waals surface area (Å²) >= 11 is -0.826. The second-order valence-corrected chi connectivity index (χ2v) is 20.2. The minimum atomic E-state index is -0.826. The van der Waals surface area contributed by atoms with Gasteiger partial charge in [-0.15, -0.1) is 74.6 Å². The van der Waals surface area contributed by atoms with E-state index in [0.717, 1.165) is 9.52 Å².